The van der Waals surface area contributed by atoms with E-state index in [4.69, 9.17) is 8.92 Å². The predicted molar refractivity (Wildman–Crippen MR) is 81.6 cm³/mol. The van der Waals surface area contributed by atoms with Crippen LogP contribution in [0.3, 0.4) is 0 Å². The van der Waals surface area contributed by atoms with Gasteiger partial charge in [-0.1, -0.05) is 29.8 Å². The average Bonchev–Trinajstić information content (AvgIpc) is 2.52. The Morgan fingerprint density at radius 2 is 1.68 bits per heavy atom. The van der Waals surface area contributed by atoms with E-state index in [0.717, 1.165) is 5.56 Å². The third-order valence-electron chi connectivity index (χ3n) is 2.94. The van der Waals surface area contributed by atoms with Crippen molar-refractivity contribution in [3.05, 3.63) is 59.7 Å². The largest absolute Gasteiger partial charge is 0.490 e. The van der Waals surface area contributed by atoms with Crippen LogP contribution in [0, 0.1) is 6.92 Å². The number of aldehydes is 1. The zero-order valence-corrected chi connectivity index (χ0v) is 12.9. The van der Waals surface area contributed by atoms with Gasteiger partial charge in [-0.15, -0.1) is 0 Å². The van der Waals surface area contributed by atoms with Crippen molar-refractivity contribution in [2.24, 2.45) is 0 Å². The predicted octanol–water partition coefficient (Wildman–Crippen LogP) is 2.59. The third kappa shape index (κ3) is 4.16. The quantitative estimate of drug-likeness (QED) is 0.445. The van der Waals surface area contributed by atoms with E-state index in [2.05, 4.69) is 0 Å². The van der Waals surface area contributed by atoms with Gasteiger partial charge in [-0.05, 0) is 31.2 Å². The zero-order valence-electron chi connectivity index (χ0n) is 12.1. The first-order valence-electron chi connectivity index (χ1n) is 6.66. The van der Waals surface area contributed by atoms with Crippen LogP contribution in [0.2, 0.25) is 0 Å². The summed E-state index contributed by atoms with van der Waals surface area (Å²) in [5, 5.41) is 0. The number of para-hydroxylation sites is 1. The molecule has 6 heteroatoms. The molecule has 116 valence electrons. The lowest BCUT2D eigenvalue weighted by atomic mass is 10.2. The van der Waals surface area contributed by atoms with Crippen molar-refractivity contribution >= 4 is 16.4 Å². The normalized spacial score (nSPS) is 11.1. The van der Waals surface area contributed by atoms with E-state index in [1.807, 2.05) is 6.92 Å². The summed E-state index contributed by atoms with van der Waals surface area (Å²) in [4.78, 5) is 10.9. The van der Waals surface area contributed by atoms with Gasteiger partial charge in [0.25, 0.3) is 10.1 Å². The second-order valence-corrected chi connectivity index (χ2v) is 6.21. The monoisotopic (exact) mass is 320 g/mol. The van der Waals surface area contributed by atoms with Crippen LogP contribution >= 0.6 is 0 Å². The molecule has 0 radical (unpaired) electrons. The van der Waals surface area contributed by atoms with E-state index in [1.165, 1.54) is 12.1 Å². The molecule has 0 aliphatic heterocycles. The molecule has 0 saturated heterocycles. The molecule has 2 aromatic rings. The minimum Gasteiger partial charge on any atom is -0.490 e. The Hall–Kier alpha value is -2.18. The molecule has 0 fully saturated rings. The van der Waals surface area contributed by atoms with Crippen LogP contribution in [-0.4, -0.2) is 27.9 Å². The van der Waals surface area contributed by atoms with Crippen molar-refractivity contribution in [3.8, 4) is 5.75 Å². The Labute approximate surface area is 129 Å². The number of carbonyl (C=O) groups is 1. The van der Waals surface area contributed by atoms with Crippen molar-refractivity contribution in [2.45, 2.75) is 11.8 Å². The lowest BCUT2D eigenvalue weighted by Gasteiger charge is -2.09. The maximum absolute atomic E-state index is 11.9. The van der Waals surface area contributed by atoms with Crippen LogP contribution in [0.15, 0.2) is 53.4 Å². The Balaban J connectivity index is 1.90. The Kier molecular flexibility index (Phi) is 5.30. The van der Waals surface area contributed by atoms with Gasteiger partial charge in [0.15, 0.2) is 6.29 Å². The molecule has 0 saturated carbocycles. The highest BCUT2D eigenvalue weighted by Crippen LogP contribution is 2.16. The summed E-state index contributed by atoms with van der Waals surface area (Å²) in [6.07, 6.45) is 0.680. The van der Waals surface area contributed by atoms with Crippen LogP contribution in [0.1, 0.15) is 15.9 Å². The van der Waals surface area contributed by atoms with Gasteiger partial charge in [0.05, 0.1) is 10.5 Å². The molecule has 2 rings (SSSR count). The summed E-state index contributed by atoms with van der Waals surface area (Å²) in [6, 6.07) is 13.1. The number of ether oxygens (including phenoxy) is 1. The standard InChI is InChI=1S/C16H16O5S/c1-13-6-8-15(9-7-13)22(18,19)21-11-10-20-16-5-3-2-4-14(16)12-17/h2-9,12H,10-11H2,1H3. The number of benzene rings is 2. The highest BCUT2D eigenvalue weighted by atomic mass is 32.2. The van der Waals surface area contributed by atoms with E-state index in [0.29, 0.717) is 17.6 Å². The first kappa shape index (κ1) is 16.2. The first-order valence-corrected chi connectivity index (χ1v) is 8.07. The van der Waals surface area contributed by atoms with E-state index >= 15 is 0 Å². The minimum atomic E-state index is -3.80. The topological polar surface area (TPSA) is 69.7 Å². The van der Waals surface area contributed by atoms with Gasteiger partial charge >= 0.3 is 0 Å². The van der Waals surface area contributed by atoms with E-state index in [-0.39, 0.29) is 18.1 Å². The van der Waals surface area contributed by atoms with Crippen LogP contribution in [-0.2, 0) is 14.3 Å². The SMILES string of the molecule is Cc1ccc(S(=O)(=O)OCCOc2ccccc2C=O)cc1. The van der Waals surface area contributed by atoms with Crippen molar-refractivity contribution in [1.82, 2.24) is 0 Å². The molecule has 0 aliphatic rings. The molecule has 2 aromatic carbocycles. The van der Waals surface area contributed by atoms with Gasteiger partial charge in [-0.3, -0.25) is 8.98 Å². The molecular weight excluding hydrogens is 304 g/mol. The van der Waals surface area contributed by atoms with Crippen LogP contribution in [0.4, 0.5) is 0 Å². The fourth-order valence-corrected chi connectivity index (χ4v) is 2.67. The summed E-state index contributed by atoms with van der Waals surface area (Å²) in [5.74, 6) is 0.397. The molecule has 22 heavy (non-hydrogen) atoms. The third-order valence-corrected chi connectivity index (χ3v) is 4.26. The molecule has 0 spiro atoms. The summed E-state index contributed by atoms with van der Waals surface area (Å²) in [6.45, 7) is 1.76. The van der Waals surface area contributed by atoms with Crippen molar-refractivity contribution in [2.75, 3.05) is 13.2 Å². The van der Waals surface area contributed by atoms with Crippen molar-refractivity contribution in [3.63, 3.8) is 0 Å². The Morgan fingerprint density at radius 3 is 2.36 bits per heavy atom. The number of carbonyl (C=O) groups excluding carboxylic acids is 1. The van der Waals surface area contributed by atoms with Gasteiger partial charge in [-0.25, -0.2) is 0 Å². The van der Waals surface area contributed by atoms with Crippen molar-refractivity contribution in [1.29, 1.82) is 0 Å². The molecule has 0 atom stereocenters. The lowest BCUT2D eigenvalue weighted by Crippen LogP contribution is -2.13. The van der Waals surface area contributed by atoms with E-state index < -0.39 is 10.1 Å². The molecule has 0 aliphatic carbocycles. The second kappa shape index (κ2) is 7.20. The van der Waals surface area contributed by atoms with Gasteiger partial charge in [0, 0.05) is 0 Å². The van der Waals surface area contributed by atoms with E-state index in [9.17, 15) is 13.2 Å². The molecule has 0 amide bonds. The van der Waals surface area contributed by atoms with Crippen LogP contribution in [0.5, 0.6) is 5.75 Å². The molecule has 0 bridgehead atoms. The van der Waals surface area contributed by atoms with Gasteiger partial charge in [-0.2, -0.15) is 8.42 Å². The Bertz CT molecular complexity index is 735. The molecule has 0 aromatic heterocycles. The lowest BCUT2D eigenvalue weighted by molar-refractivity contribution is 0.111. The fourth-order valence-electron chi connectivity index (χ4n) is 1.78. The second-order valence-electron chi connectivity index (χ2n) is 4.59. The highest BCUT2D eigenvalue weighted by molar-refractivity contribution is 7.86. The number of hydrogen-bond donors (Lipinski definition) is 0. The van der Waals surface area contributed by atoms with Crippen molar-refractivity contribution < 1.29 is 22.1 Å². The highest BCUT2D eigenvalue weighted by Gasteiger charge is 2.14. The van der Waals surface area contributed by atoms with Gasteiger partial charge in [0.1, 0.15) is 19.0 Å². The summed E-state index contributed by atoms with van der Waals surface area (Å²) >= 11 is 0. The summed E-state index contributed by atoms with van der Waals surface area (Å²) in [7, 11) is -3.80. The average molecular weight is 320 g/mol. The maximum atomic E-state index is 11.9. The maximum Gasteiger partial charge on any atom is 0.297 e. The minimum absolute atomic E-state index is 0.0238. The number of hydrogen-bond acceptors (Lipinski definition) is 5. The van der Waals surface area contributed by atoms with Crippen LogP contribution < -0.4 is 4.74 Å². The fraction of sp³-hybridized carbons (Fsp3) is 0.188. The number of aryl methyl sites for hydroxylation is 1. The first-order chi connectivity index (χ1) is 10.5. The van der Waals surface area contributed by atoms with E-state index in [1.54, 1.807) is 36.4 Å². The summed E-state index contributed by atoms with van der Waals surface area (Å²) in [5.41, 5.74) is 1.37. The molecule has 0 heterocycles. The Morgan fingerprint density at radius 1 is 1.00 bits per heavy atom. The van der Waals surface area contributed by atoms with Gasteiger partial charge in [0.2, 0.25) is 0 Å². The molecule has 0 unspecified atom stereocenters. The molecule has 0 N–H and O–H groups in total. The smallest absolute Gasteiger partial charge is 0.297 e. The summed E-state index contributed by atoms with van der Waals surface area (Å²) < 4.78 is 34.2. The molecule has 5 nitrogen and oxygen atoms in total. The van der Waals surface area contributed by atoms with Gasteiger partial charge < -0.3 is 4.74 Å². The molecular formula is C16H16O5S. The zero-order chi connectivity index (χ0) is 16.0. The van der Waals surface area contributed by atoms with Crippen LogP contribution in [0.25, 0.3) is 0 Å². The number of rotatable bonds is 7.